The molecule has 1 aromatic heterocycles. The van der Waals surface area contributed by atoms with E-state index >= 15 is 0 Å². The maximum atomic E-state index is 13.2. The van der Waals surface area contributed by atoms with Crippen molar-refractivity contribution in [1.82, 2.24) is 25.1 Å². The Hall–Kier alpha value is -2.58. The number of benzene rings is 1. The highest BCUT2D eigenvalue weighted by molar-refractivity contribution is 5.76. The third-order valence-electron chi connectivity index (χ3n) is 3.93. The summed E-state index contributed by atoms with van der Waals surface area (Å²) in [6.07, 6.45) is 1.32. The molecule has 2 aromatic rings. The van der Waals surface area contributed by atoms with E-state index in [0.717, 1.165) is 12.5 Å². The van der Waals surface area contributed by atoms with Gasteiger partial charge < -0.3 is 10.6 Å². The number of nitrogens with zero attached hydrogens (tertiary/aromatic N) is 5. The Balaban J connectivity index is 1.57. The fourth-order valence-corrected chi connectivity index (χ4v) is 2.84. The van der Waals surface area contributed by atoms with Crippen LogP contribution in [-0.2, 0) is 17.8 Å². The van der Waals surface area contributed by atoms with Gasteiger partial charge in [0.25, 0.3) is 0 Å². The van der Waals surface area contributed by atoms with Crippen molar-refractivity contribution < 1.29 is 13.6 Å². The number of tetrazole rings is 1. The predicted molar refractivity (Wildman–Crippen MR) is 77.0 cm³/mol. The van der Waals surface area contributed by atoms with Crippen molar-refractivity contribution in [3.05, 3.63) is 35.4 Å². The molecule has 2 N–H and O–H groups in total. The quantitative estimate of drug-likeness (QED) is 0.891. The summed E-state index contributed by atoms with van der Waals surface area (Å²) in [6, 6.07) is 3.51. The molecule has 0 saturated carbocycles. The summed E-state index contributed by atoms with van der Waals surface area (Å²) in [5.74, 6) is -1.03. The van der Waals surface area contributed by atoms with Crippen LogP contribution < -0.4 is 5.73 Å². The van der Waals surface area contributed by atoms with E-state index in [9.17, 15) is 13.6 Å². The van der Waals surface area contributed by atoms with Crippen molar-refractivity contribution in [1.29, 1.82) is 0 Å². The predicted octanol–water partition coefficient (Wildman–Crippen LogP) is 0.625. The number of rotatable bonds is 4. The molecular weight excluding hydrogens is 306 g/mol. The van der Waals surface area contributed by atoms with Gasteiger partial charge in [0, 0.05) is 19.2 Å². The molecule has 0 bridgehead atoms. The van der Waals surface area contributed by atoms with E-state index in [1.807, 2.05) is 0 Å². The Morgan fingerprint density at radius 3 is 2.70 bits per heavy atom. The molecule has 0 radical (unpaired) electrons. The highest BCUT2D eigenvalue weighted by Gasteiger charge is 2.27. The second-order valence-electron chi connectivity index (χ2n) is 5.67. The van der Waals surface area contributed by atoms with Crippen LogP contribution in [0.3, 0.4) is 0 Å². The van der Waals surface area contributed by atoms with E-state index < -0.39 is 11.6 Å². The first-order chi connectivity index (χ1) is 11.0. The molecule has 122 valence electrons. The van der Waals surface area contributed by atoms with Gasteiger partial charge in [-0.3, -0.25) is 4.79 Å². The van der Waals surface area contributed by atoms with Gasteiger partial charge in [0.1, 0.15) is 18.2 Å². The number of nitrogens with two attached hydrogens (primary N) is 1. The minimum absolute atomic E-state index is 0.0137. The fraction of sp³-hybridized carbons (Fsp3) is 0.429. The minimum Gasteiger partial charge on any atom is -0.367 e. The topological polar surface area (TPSA) is 89.9 Å². The maximum absolute atomic E-state index is 13.2. The molecule has 7 nitrogen and oxygen atoms in total. The molecule has 0 aliphatic carbocycles. The molecule has 1 fully saturated rings. The Morgan fingerprint density at radius 1 is 1.30 bits per heavy atom. The minimum atomic E-state index is -0.583. The van der Waals surface area contributed by atoms with Gasteiger partial charge in [-0.15, -0.1) is 0 Å². The van der Waals surface area contributed by atoms with Crippen molar-refractivity contribution in [2.75, 3.05) is 18.8 Å². The lowest BCUT2D eigenvalue weighted by Gasteiger charge is -2.16. The van der Waals surface area contributed by atoms with Crippen LogP contribution in [0.15, 0.2) is 18.2 Å². The number of carbonyl (C=O) groups is 1. The molecule has 2 heterocycles. The van der Waals surface area contributed by atoms with Gasteiger partial charge in [-0.25, -0.2) is 13.5 Å². The van der Waals surface area contributed by atoms with Crippen LogP contribution in [0, 0.1) is 17.6 Å². The molecule has 9 heteroatoms. The maximum Gasteiger partial charge on any atom is 0.244 e. The number of anilines is 1. The average molecular weight is 322 g/mol. The molecule has 1 aliphatic rings. The number of likely N-dealkylation sites (tertiary alicyclic amines) is 1. The second kappa shape index (κ2) is 6.27. The van der Waals surface area contributed by atoms with Crippen molar-refractivity contribution in [3.63, 3.8) is 0 Å². The summed E-state index contributed by atoms with van der Waals surface area (Å²) in [4.78, 5) is 13.9. The highest BCUT2D eigenvalue weighted by atomic mass is 19.1. The Morgan fingerprint density at radius 2 is 2.04 bits per heavy atom. The zero-order chi connectivity index (χ0) is 16.4. The van der Waals surface area contributed by atoms with E-state index in [1.165, 1.54) is 16.8 Å². The van der Waals surface area contributed by atoms with Crippen molar-refractivity contribution >= 4 is 11.9 Å². The van der Waals surface area contributed by atoms with Gasteiger partial charge in [-0.05, 0) is 46.9 Å². The summed E-state index contributed by atoms with van der Waals surface area (Å²) in [6.45, 7) is 1.13. The zero-order valence-electron chi connectivity index (χ0n) is 12.3. The fourth-order valence-electron chi connectivity index (χ4n) is 2.84. The number of hydrogen-bond donors (Lipinski definition) is 1. The van der Waals surface area contributed by atoms with Crippen LogP contribution >= 0.6 is 0 Å². The highest BCUT2D eigenvalue weighted by Crippen LogP contribution is 2.22. The van der Waals surface area contributed by atoms with E-state index in [2.05, 4.69) is 15.5 Å². The van der Waals surface area contributed by atoms with Gasteiger partial charge in [-0.2, -0.15) is 0 Å². The molecule has 1 aromatic carbocycles. The van der Waals surface area contributed by atoms with Gasteiger partial charge >= 0.3 is 0 Å². The number of aromatic nitrogens is 4. The first-order valence-electron chi connectivity index (χ1n) is 7.25. The first kappa shape index (κ1) is 15.3. The van der Waals surface area contributed by atoms with E-state index in [-0.39, 0.29) is 24.3 Å². The third kappa shape index (κ3) is 3.61. The van der Waals surface area contributed by atoms with E-state index in [0.29, 0.717) is 25.1 Å². The number of amides is 1. The second-order valence-corrected chi connectivity index (χ2v) is 5.67. The summed E-state index contributed by atoms with van der Waals surface area (Å²) in [7, 11) is 0. The van der Waals surface area contributed by atoms with Crippen LogP contribution in [-0.4, -0.2) is 44.1 Å². The lowest BCUT2D eigenvalue weighted by molar-refractivity contribution is -0.131. The first-order valence-corrected chi connectivity index (χ1v) is 7.25. The van der Waals surface area contributed by atoms with Gasteiger partial charge in [0.05, 0.1) is 0 Å². The Bertz CT molecular complexity index is 699. The number of hydrogen-bond acceptors (Lipinski definition) is 5. The molecule has 23 heavy (non-hydrogen) atoms. The molecule has 1 amide bonds. The molecular formula is C14H16F2N6O. The number of carbonyl (C=O) groups excluding carboxylic acids is 1. The number of nitrogen functional groups attached to an aromatic ring is 1. The smallest absolute Gasteiger partial charge is 0.244 e. The lowest BCUT2D eigenvalue weighted by atomic mass is 9.98. The van der Waals surface area contributed by atoms with Crippen LogP contribution in [0.25, 0.3) is 0 Å². The lowest BCUT2D eigenvalue weighted by Crippen LogP contribution is -2.32. The van der Waals surface area contributed by atoms with Crippen molar-refractivity contribution in [2.24, 2.45) is 5.92 Å². The molecule has 1 aliphatic heterocycles. The zero-order valence-corrected chi connectivity index (χ0v) is 12.3. The van der Waals surface area contributed by atoms with Crippen LogP contribution in [0.4, 0.5) is 14.7 Å². The summed E-state index contributed by atoms with van der Waals surface area (Å²) in [5, 5.41) is 10.5. The van der Waals surface area contributed by atoms with Gasteiger partial charge in [-0.1, -0.05) is 5.10 Å². The third-order valence-corrected chi connectivity index (χ3v) is 3.93. The average Bonchev–Trinajstić information content (AvgIpc) is 3.08. The summed E-state index contributed by atoms with van der Waals surface area (Å²) in [5.41, 5.74) is 6.13. The Kier molecular flexibility index (Phi) is 4.18. The molecule has 1 saturated heterocycles. The van der Waals surface area contributed by atoms with Crippen molar-refractivity contribution in [2.45, 2.75) is 19.4 Å². The monoisotopic (exact) mass is 322 g/mol. The number of halogens is 2. The normalized spacial score (nSPS) is 17.7. The van der Waals surface area contributed by atoms with Crippen LogP contribution in [0.5, 0.6) is 0 Å². The van der Waals surface area contributed by atoms with E-state index in [4.69, 9.17) is 5.73 Å². The molecule has 1 atom stereocenters. The molecule has 0 spiro atoms. The summed E-state index contributed by atoms with van der Waals surface area (Å²) < 4.78 is 27.7. The van der Waals surface area contributed by atoms with Crippen molar-refractivity contribution in [3.8, 4) is 0 Å². The van der Waals surface area contributed by atoms with Crippen LogP contribution in [0.2, 0.25) is 0 Å². The summed E-state index contributed by atoms with van der Waals surface area (Å²) >= 11 is 0. The standard InChI is InChI=1S/C14H16F2N6O/c15-11-4-10(5-12(16)6-11)3-9-1-2-21(7-9)13(23)8-22-14(17)18-19-20-22/h4-6,9H,1-3,7-8H2,(H2,17,18,20). The largest absolute Gasteiger partial charge is 0.367 e. The van der Waals surface area contributed by atoms with Crippen LogP contribution in [0.1, 0.15) is 12.0 Å². The molecule has 3 rings (SSSR count). The van der Waals surface area contributed by atoms with Gasteiger partial charge in [0.15, 0.2) is 0 Å². The van der Waals surface area contributed by atoms with Gasteiger partial charge in [0.2, 0.25) is 11.9 Å². The molecule has 1 unspecified atom stereocenters. The SMILES string of the molecule is Nc1nnnn1CC(=O)N1CCC(Cc2cc(F)cc(F)c2)C1. The van der Waals surface area contributed by atoms with E-state index in [1.54, 1.807) is 4.90 Å². The Labute approximate surface area is 131 Å².